The molecule has 3 aromatic rings. The first-order valence-corrected chi connectivity index (χ1v) is 13.5. The normalized spacial score (nSPS) is 24.6. The number of H-pyrrole nitrogens is 1. The second-order valence-electron chi connectivity index (χ2n) is 11.6. The van der Waals surface area contributed by atoms with Crippen molar-refractivity contribution >= 4 is 16.8 Å². The number of hydrogen-bond donors (Lipinski definition) is 2. The molecule has 3 heterocycles. The summed E-state index contributed by atoms with van der Waals surface area (Å²) >= 11 is 0. The van der Waals surface area contributed by atoms with Crippen LogP contribution in [0, 0.1) is 12.3 Å². The van der Waals surface area contributed by atoms with Gasteiger partial charge in [-0.3, -0.25) is 9.69 Å². The third-order valence-corrected chi connectivity index (χ3v) is 8.95. The van der Waals surface area contributed by atoms with Gasteiger partial charge in [-0.15, -0.1) is 0 Å². The number of aromatic nitrogens is 1. The van der Waals surface area contributed by atoms with Crippen LogP contribution in [-0.4, -0.2) is 64.6 Å². The highest BCUT2D eigenvalue weighted by atomic mass is 19.3. The molecule has 8 heteroatoms. The molecule has 6 nitrogen and oxygen atoms in total. The average Bonchev–Trinajstić information content (AvgIpc) is 3.55. The number of benzene rings is 2. The van der Waals surface area contributed by atoms with Gasteiger partial charge in [-0.2, -0.15) is 0 Å². The standard InChI is InChI=1S/C30H35F2N3O3/c1-19-13-26(38-2)24(23-7-10-33-27(19)23)16-34-12-9-29(17-30(31,32)18-29)14-25(34)20-3-5-21(6-4-20)28(37)35-11-8-22(36)15-35/h3-7,10,13,22,25,33,36H,8-9,11-12,14-18H2,1-2H3. The van der Waals surface area contributed by atoms with Crippen LogP contribution in [0.15, 0.2) is 42.6 Å². The van der Waals surface area contributed by atoms with Crippen LogP contribution in [0.4, 0.5) is 8.78 Å². The Morgan fingerprint density at radius 1 is 1.18 bits per heavy atom. The molecule has 2 saturated heterocycles. The zero-order valence-corrected chi connectivity index (χ0v) is 22.0. The summed E-state index contributed by atoms with van der Waals surface area (Å²) < 4.78 is 33.9. The fourth-order valence-electron chi connectivity index (χ4n) is 7.00. The number of ether oxygens (including phenoxy) is 1. The number of rotatable bonds is 5. The van der Waals surface area contributed by atoms with Gasteiger partial charge < -0.3 is 19.7 Å². The summed E-state index contributed by atoms with van der Waals surface area (Å²) in [6, 6.07) is 11.7. The van der Waals surface area contributed by atoms with E-state index in [-0.39, 0.29) is 30.2 Å². The first-order chi connectivity index (χ1) is 18.2. The molecule has 2 aromatic carbocycles. The van der Waals surface area contributed by atoms with Crippen LogP contribution in [0.1, 0.15) is 65.2 Å². The number of nitrogens with zero attached hydrogens (tertiary/aromatic N) is 2. The molecule has 3 aliphatic rings. The molecular weight excluding hydrogens is 488 g/mol. The number of aromatic amines is 1. The van der Waals surface area contributed by atoms with Gasteiger partial charge in [0.2, 0.25) is 5.92 Å². The number of amides is 1. The summed E-state index contributed by atoms with van der Waals surface area (Å²) in [6.07, 6.45) is 3.40. The number of carbonyl (C=O) groups excluding carboxylic acids is 1. The van der Waals surface area contributed by atoms with Gasteiger partial charge in [0.1, 0.15) is 5.75 Å². The summed E-state index contributed by atoms with van der Waals surface area (Å²) in [5.41, 5.74) is 4.57. The molecule has 2 N–H and O–H groups in total. The number of likely N-dealkylation sites (tertiary alicyclic amines) is 2. The van der Waals surface area contributed by atoms with E-state index in [1.165, 1.54) is 0 Å². The molecule has 1 saturated carbocycles. The second kappa shape index (κ2) is 9.35. The first kappa shape index (κ1) is 25.3. The minimum atomic E-state index is -2.57. The van der Waals surface area contributed by atoms with Crippen LogP contribution in [0.25, 0.3) is 10.9 Å². The van der Waals surface area contributed by atoms with Gasteiger partial charge in [0.25, 0.3) is 5.91 Å². The monoisotopic (exact) mass is 523 g/mol. The maximum atomic E-state index is 14.0. The number of carbonyl (C=O) groups is 1. The fourth-order valence-corrected chi connectivity index (χ4v) is 7.00. The van der Waals surface area contributed by atoms with Crippen LogP contribution in [0.3, 0.4) is 0 Å². The topological polar surface area (TPSA) is 68.8 Å². The number of fused-ring (bicyclic) bond motifs is 1. The molecular formula is C30H35F2N3O3. The molecule has 202 valence electrons. The Balaban J connectivity index is 1.30. The number of hydrogen-bond acceptors (Lipinski definition) is 4. The Kier molecular flexibility index (Phi) is 6.23. The number of aliphatic hydroxyl groups is 1. The second-order valence-corrected chi connectivity index (χ2v) is 11.6. The summed E-state index contributed by atoms with van der Waals surface area (Å²) in [6.45, 7) is 4.33. The van der Waals surface area contributed by atoms with Crippen LogP contribution < -0.4 is 4.74 Å². The van der Waals surface area contributed by atoms with E-state index in [9.17, 15) is 18.7 Å². The third kappa shape index (κ3) is 4.47. The van der Waals surface area contributed by atoms with E-state index in [0.717, 1.165) is 46.3 Å². The van der Waals surface area contributed by atoms with Gasteiger partial charge in [0.15, 0.2) is 0 Å². The number of aryl methyl sites for hydroxylation is 1. The lowest BCUT2D eigenvalue weighted by molar-refractivity contribution is -0.186. The molecule has 2 unspecified atom stereocenters. The van der Waals surface area contributed by atoms with E-state index in [0.29, 0.717) is 38.0 Å². The van der Waals surface area contributed by atoms with E-state index >= 15 is 0 Å². The minimum Gasteiger partial charge on any atom is -0.496 e. The lowest BCUT2D eigenvalue weighted by Crippen LogP contribution is -2.53. The largest absolute Gasteiger partial charge is 0.496 e. The number of nitrogens with one attached hydrogen (secondary N) is 1. The molecule has 3 fully saturated rings. The van der Waals surface area contributed by atoms with Gasteiger partial charge >= 0.3 is 0 Å². The molecule has 1 spiro atoms. The van der Waals surface area contributed by atoms with Crippen molar-refractivity contribution in [3.63, 3.8) is 0 Å². The lowest BCUT2D eigenvalue weighted by atomic mass is 9.59. The molecule has 1 amide bonds. The third-order valence-electron chi connectivity index (χ3n) is 8.95. The van der Waals surface area contributed by atoms with Crippen molar-refractivity contribution in [3.8, 4) is 5.75 Å². The van der Waals surface area contributed by atoms with Crippen molar-refractivity contribution in [3.05, 3.63) is 64.8 Å². The quantitative estimate of drug-likeness (QED) is 0.467. The predicted molar refractivity (Wildman–Crippen MR) is 142 cm³/mol. The number of methoxy groups -OCH3 is 1. The van der Waals surface area contributed by atoms with Crippen LogP contribution >= 0.6 is 0 Å². The number of aliphatic hydroxyl groups excluding tert-OH is 1. The highest BCUT2D eigenvalue weighted by Crippen LogP contribution is 2.60. The van der Waals surface area contributed by atoms with Gasteiger partial charge in [-0.1, -0.05) is 12.1 Å². The summed E-state index contributed by atoms with van der Waals surface area (Å²) in [5.74, 6) is -1.82. The first-order valence-electron chi connectivity index (χ1n) is 13.5. The smallest absolute Gasteiger partial charge is 0.253 e. The molecule has 2 aliphatic heterocycles. The van der Waals surface area contributed by atoms with Gasteiger partial charge in [0, 0.05) is 66.7 Å². The minimum absolute atomic E-state index is 0.0439. The van der Waals surface area contributed by atoms with Crippen molar-refractivity contribution in [1.82, 2.24) is 14.8 Å². The van der Waals surface area contributed by atoms with Gasteiger partial charge in [-0.05, 0) is 73.5 Å². The summed E-state index contributed by atoms with van der Waals surface area (Å²) in [4.78, 5) is 20.3. The maximum Gasteiger partial charge on any atom is 0.253 e. The number of piperidine rings is 1. The van der Waals surface area contributed by atoms with Crippen LogP contribution in [-0.2, 0) is 6.54 Å². The van der Waals surface area contributed by atoms with E-state index in [2.05, 4.69) is 28.9 Å². The summed E-state index contributed by atoms with van der Waals surface area (Å²) in [5, 5.41) is 10.9. The molecule has 38 heavy (non-hydrogen) atoms. The molecule has 2 atom stereocenters. The van der Waals surface area contributed by atoms with E-state index in [1.807, 2.05) is 30.5 Å². The van der Waals surface area contributed by atoms with Crippen molar-refractivity contribution in [2.45, 2.75) is 63.6 Å². The lowest BCUT2D eigenvalue weighted by Gasteiger charge is -2.54. The van der Waals surface area contributed by atoms with Gasteiger partial charge in [0.05, 0.1) is 13.2 Å². The highest BCUT2D eigenvalue weighted by molar-refractivity contribution is 5.94. The van der Waals surface area contributed by atoms with Gasteiger partial charge in [-0.25, -0.2) is 8.78 Å². The zero-order valence-electron chi connectivity index (χ0n) is 22.0. The van der Waals surface area contributed by atoms with Crippen molar-refractivity contribution in [1.29, 1.82) is 0 Å². The van der Waals surface area contributed by atoms with E-state index in [4.69, 9.17) is 4.74 Å². The van der Waals surface area contributed by atoms with Crippen molar-refractivity contribution < 1.29 is 23.4 Å². The highest BCUT2D eigenvalue weighted by Gasteiger charge is 2.58. The fraction of sp³-hybridized carbons (Fsp3) is 0.500. The maximum absolute atomic E-state index is 14.0. The molecule has 1 aromatic heterocycles. The molecule has 1 aliphatic carbocycles. The number of alkyl halides is 2. The summed E-state index contributed by atoms with van der Waals surface area (Å²) in [7, 11) is 1.69. The Bertz CT molecular complexity index is 1340. The Hall–Kier alpha value is -2.97. The zero-order chi connectivity index (χ0) is 26.7. The van der Waals surface area contributed by atoms with Crippen molar-refractivity contribution in [2.75, 3.05) is 26.7 Å². The Labute approximate surface area is 221 Å². The Morgan fingerprint density at radius 2 is 1.95 bits per heavy atom. The molecule has 6 rings (SSSR count). The number of halogens is 2. The van der Waals surface area contributed by atoms with E-state index in [1.54, 1.807) is 12.0 Å². The van der Waals surface area contributed by atoms with Crippen molar-refractivity contribution in [2.24, 2.45) is 5.41 Å². The van der Waals surface area contributed by atoms with Crippen LogP contribution in [0.5, 0.6) is 5.75 Å². The number of β-amino-alcohol motifs (C(OH)–C–C–N with tert-alkyl or cyclic N) is 1. The van der Waals surface area contributed by atoms with Crippen LogP contribution in [0.2, 0.25) is 0 Å². The molecule has 0 radical (unpaired) electrons. The Morgan fingerprint density at radius 3 is 2.61 bits per heavy atom. The SMILES string of the molecule is COc1cc(C)c2[nH]ccc2c1CN1CCC2(CC1c1ccc(C(=O)N3CCC(O)C3)cc1)CC(F)(F)C2. The van der Waals surface area contributed by atoms with E-state index < -0.39 is 12.0 Å². The molecule has 0 bridgehead atoms. The predicted octanol–water partition coefficient (Wildman–Crippen LogP) is 5.44. The average molecular weight is 524 g/mol.